The first-order valence-electron chi connectivity index (χ1n) is 4.26. The summed E-state index contributed by atoms with van der Waals surface area (Å²) in [6, 6.07) is 2.61. The minimum absolute atomic E-state index is 0.213. The van der Waals surface area contributed by atoms with Crippen LogP contribution in [0.25, 0.3) is 0 Å². The molecule has 1 aromatic rings. The van der Waals surface area contributed by atoms with Crippen LogP contribution in [-0.4, -0.2) is 17.4 Å². The van der Waals surface area contributed by atoms with E-state index in [4.69, 9.17) is 10.8 Å². The highest BCUT2D eigenvalue weighted by Gasteiger charge is 2.14. The molecule has 0 heterocycles. The summed E-state index contributed by atoms with van der Waals surface area (Å²) in [5.41, 5.74) is 5.96. The number of carboxylic acids is 1. The van der Waals surface area contributed by atoms with Gasteiger partial charge in [-0.1, -0.05) is 0 Å². The normalized spacial score (nSPS) is 12.1. The number of carboxylic acid groups (broad SMARTS) is 1. The van der Waals surface area contributed by atoms with E-state index in [1.807, 2.05) is 0 Å². The van der Waals surface area contributed by atoms with Gasteiger partial charge in [0.15, 0.2) is 0 Å². The molecule has 0 amide bonds. The predicted molar refractivity (Wildman–Crippen MR) is 51.0 cm³/mol. The van der Waals surface area contributed by atoms with Crippen LogP contribution in [0.1, 0.15) is 28.4 Å². The molecule has 1 atom stereocenters. The molecular formula is C10H10FNO3. The molecule has 1 aromatic carbocycles. The van der Waals surface area contributed by atoms with Crippen LogP contribution < -0.4 is 5.73 Å². The SMILES string of the molecule is NC(CC(=O)O)c1cc(F)ccc1C=O. The lowest BCUT2D eigenvalue weighted by molar-refractivity contribution is -0.137. The second-order valence-corrected chi connectivity index (χ2v) is 3.10. The summed E-state index contributed by atoms with van der Waals surface area (Å²) in [5, 5.41) is 8.52. The molecule has 0 aliphatic carbocycles. The van der Waals surface area contributed by atoms with Crippen LogP contribution in [0, 0.1) is 5.82 Å². The quantitative estimate of drug-likeness (QED) is 0.731. The zero-order valence-corrected chi connectivity index (χ0v) is 7.81. The van der Waals surface area contributed by atoms with Gasteiger partial charge in [-0.25, -0.2) is 4.39 Å². The zero-order chi connectivity index (χ0) is 11.4. The number of benzene rings is 1. The summed E-state index contributed by atoms with van der Waals surface area (Å²) in [7, 11) is 0. The molecule has 0 aliphatic rings. The monoisotopic (exact) mass is 211 g/mol. The van der Waals surface area contributed by atoms with Gasteiger partial charge in [-0.05, 0) is 23.8 Å². The molecule has 5 heteroatoms. The molecule has 1 rings (SSSR count). The van der Waals surface area contributed by atoms with Crippen molar-refractivity contribution in [2.24, 2.45) is 5.73 Å². The smallest absolute Gasteiger partial charge is 0.305 e. The molecule has 0 saturated heterocycles. The van der Waals surface area contributed by atoms with E-state index < -0.39 is 17.8 Å². The van der Waals surface area contributed by atoms with E-state index in [0.717, 1.165) is 12.1 Å². The van der Waals surface area contributed by atoms with Crippen molar-refractivity contribution in [3.8, 4) is 0 Å². The van der Waals surface area contributed by atoms with Crippen LogP contribution in [0.15, 0.2) is 18.2 Å². The molecule has 15 heavy (non-hydrogen) atoms. The maximum atomic E-state index is 12.9. The molecule has 3 N–H and O–H groups in total. The van der Waals surface area contributed by atoms with Crippen molar-refractivity contribution in [1.82, 2.24) is 0 Å². The van der Waals surface area contributed by atoms with Gasteiger partial charge in [0.05, 0.1) is 6.42 Å². The Labute approximate surface area is 85.5 Å². The van der Waals surface area contributed by atoms with Crippen LogP contribution in [-0.2, 0) is 4.79 Å². The van der Waals surface area contributed by atoms with Gasteiger partial charge in [0.25, 0.3) is 0 Å². The molecule has 0 fully saturated rings. The second kappa shape index (κ2) is 4.65. The standard InChI is InChI=1S/C10H10FNO3/c11-7-2-1-6(5-13)8(3-7)9(12)4-10(14)15/h1-3,5,9H,4,12H2,(H,14,15). The van der Waals surface area contributed by atoms with Crippen molar-refractivity contribution in [2.45, 2.75) is 12.5 Å². The first-order chi connectivity index (χ1) is 7.04. The summed E-state index contributed by atoms with van der Waals surface area (Å²) in [4.78, 5) is 21.0. The number of aldehydes is 1. The number of rotatable bonds is 4. The lowest BCUT2D eigenvalue weighted by atomic mass is 9.99. The highest BCUT2D eigenvalue weighted by molar-refractivity contribution is 5.78. The van der Waals surface area contributed by atoms with Crippen LogP contribution >= 0.6 is 0 Å². The van der Waals surface area contributed by atoms with Crippen LogP contribution in [0.4, 0.5) is 4.39 Å². The average molecular weight is 211 g/mol. The fraction of sp³-hybridized carbons (Fsp3) is 0.200. The number of halogens is 1. The lowest BCUT2D eigenvalue weighted by Crippen LogP contribution is -2.17. The van der Waals surface area contributed by atoms with Gasteiger partial charge in [0.2, 0.25) is 0 Å². The van der Waals surface area contributed by atoms with Gasteiger partial charge in [0, 0.05) is 11.6 Å². The van der Waals surface area contributed by atoms with E-state index >= 15 is 0 Å². The Morgan fingerprint density at radius 2 is 2.27 bits per heavy atom. The van der Waals surface area contributed by atoms with Gasteiger partial charge < -0.3 is 10.8 Å². The second-order valence-electron chi connectivity index (χ2n) is 3.10. The molecular weight excluding hydrogens is 201 g/mol. The van der Waals surface area contributed by atoms with E-state index in [2.05, 4.69) is 0 Å². The third kappa shape index (κ3) is 2.85. The molecule has 0 saturated carbocycles. The van der Waals surface area contributed by atoms with E-state index in [9.17, 15) is 14.0 Å². The van der Waals surface area contributed by atoms with Gasteiger partial charge in [0.1, 0.15) is 12.1 Å². The molecule has 1 unspecified atom stereocenters. The Bertz CT molecular complexity index is 392. The third-order valence-corrected chi connectivity index (χ3v) is 1.97. The summed E-state index contributed by atoms with van der Waals surface area (Å²) in [6.45, 7) is 0. The van der Waals surface area contributed by atoms with Crippen molar-refractivity contribution in [3.63, 3.8) is 0 Å². The highest BCUT2D eigenvalue weighted by Crippen LogP contribution is 2.19. The first kappa shape index (κ1) is 11.3. The highest BCUT2D eigenvalue weighted by atomic mass is 19.1. The molecule has 0 aliphatic heterocycles. The number of aliphatic carboxylic acids is 1. The van der Waals surface area contributed by atoms with Crippen LogP contribution in [0.5, 0.6) is 0 Å². The topological polar surface area (TPSA) is 80.4 Å². The predicted octanol–water partition coefficient (Wildman–Crippen LogP) is 1.11. The van der Waals surface area contributed by atoms with E-state index in [0.29, 0.717) is 6.29 Å². The summed E-state index contributed by atoms with van der Waals surface area (Å²) in [6.07, 6.45) is 0.181. The minimum Gasteiger partial charge on any atom is -0.481 e. The Kier molecular flexibility index (Phi) is 3.51. The van der Waals surface area contributed by atoms with E-state index in [1.165, 1.54) is 6.07 Å². The van der Waals surface area contributed by atoms with Crippen molar-refractivity contribution in [2.75, 3.05) is 0 Å². The van der Waals surface area contributed by atoms with E-state index in [-0.39, 0.29) is 17.5 Å². The zero-order valence-electron chi connectivity index (χ0n) is 7.81. The van der Waals surface area contributed by atoms with Crippen molar-refractivity contribution >= 4 is 12.3 Å². The molecule has 4 nitrogen and oxygen atoms in total. The van der Waals surface area contributed by atoms with Crippen molar-refractivity contribution in [1.29, 1.82) is 0 Å². The average Bonchev–Trinajstić information content (AvgIpc) is 2.16. The summed E-state index contributed by atoms with van der Waals surface area (Å²) in [5.74, 6) is -1.64. The van der Waals surface area contributed by atoms with Crippen molar-refractivity contribution in [3.05, 3.63) is 35.1 Å². The fourth-order valence-corrected chi connectivity index (χ4v) is 1.27. The van der Waals surface area contributed by atoms with Gasteiger partial charge in [-0.2, -0.15) is 0 Å². The number of hydrogen-bond acceptors (Lipinski definition) is 3. The van der Waals surface area contributed by atoms with Crippen LogP contribution in [0.2, 0.25) is 0 Å². The third-order valence-electron chi connectivity index (χ3n) is 1.97. The Morgan fingerprint density at radius 3 is 2.80 bits per heavy atom. The number of carbonyl (C=O) groups is 2. The number of carbonyl (C=O) groups excluding carboxylic acids is 1. The number of nitrogens with two attached hydrogens (primary N) is 1. The number of hydrogen-bond donors (Lipinski definition) is 2. The van der Waals surface area contributed by atoms with Crippen LogP contribution in [0.3, 0.4) is 0 Å². The Morgan fingerprint density at radius 1 is 1.60 bits per heavy atom. The largest absolute Gasteiger partial charge is 0.481 e. The fourth-order valence-electron chi connectivity index (χ4n) is 1.27. The van der Waals surface area contributed by atoms with Crippen molar-refractivity contribution < 1.29 is 19.1 Å². The molecule has 80 valence electrons. The lowest BCUT2D eigenvalue weighted by Gasteiger charge is -2.11. The van der Waals surface area contributed by atoms with Gasteiger partial charge in [-0.3, -0.25) is 9.59 Å². The maximum absolute atomic E-state index is 12.9. The maximum Gasteiger partial charge on any atom is 0.305 e. The Balaban J connectivity index is 3.04. The molecule has 0 bridgehead atoms. The molecule has 0 spiro atoms. The molecule has 0 radical (unpaired) electrons. The van der Waals surface area contributed by atoms with Gasteiger partial charge >= 0.3 is 5.97 Å². The summed E-state index contributed by atoms with van der Waals surface area (Å²) < 4.78 is 12.9. The minimum atomic E-state index is -1.09. The van der Waals surface area contributed by atoms with Gasteiger partial charge in [-0.15, -0.1) is 0 Å². The molecule has 0 aromatic heterocycles. The Hall–Kier alpha value is -1.75. The van der Waals surface area contributed by atoms with E-state index in [1.54, 1.807) is 0 Å². The summed E-state index contributed by atoms with van der Waals surface area (Å²) >= 11 is 0. The first-order valence-corrected chi connectivity index (χ1v) is 4.26.